The van der Waals surface area contributed by atoms with E-state index in [0.717, 1.165) is 0 Å². The van der Waals surface area contributed by atoms with Crippen LogP contribution in [0.25, 0.3) is 0 Å². The standard InChI is InChI=1S/C2H3FO3/c3-2(5)6-1-4/h4H,1H2. The van der Waals surface area contributed by atoms with Crippen molar-refractivity contribution < 1.29 is 19.0 Å². The number of halogens is 1. The summed E-state index contributed by atoms with van der Waals surface area (Å²) in [6.07, 6.45) is -1.96. The van der Waals surface area contributed by atoms with E-state index >= 15 is 0 Å². The maximum Gasteiger partial charge on any atom is 0.497 e. The van der Waals surface area contributed by atoms with Crippen molar-refractivity contribution in [1.82, 2.24) is 0 Å². The third kappa shape index (κ3) is 3.36. The van der Waals surface area contributed by atoms with Crippen molar-refractivity contribution in [3.05, 3.63) is 0 Å². The molecule has 0 aliphatic carbocycles. The lowest BCUT2D eigenvalue weighted by Gasteiger charge is -1.84. The van der Waals surface area contributed by atoms with Gasteiger partial charge in [-0.15, -0.1) is 4.39 Å². The topological polar surface area (TPSA) is 46.5 Å². The molecule has 0 aliphatic rings. The highest BCUT2D eigenvalue weighted by Crippen LogP contribution is 1.75. The second-order valence-electron chi connectivity index (χ2n) is 0.511. The quantitative estimate of drug-likeness (QED) is 0.368. The van der Waals surface area contributed by atoms with Gasteiger partial charge in [-0.1, -0.05) is 0 Å². The Hall–Kier alpha value is -0.640. The normalized spacial score (nSPS) is 7.67. The van der Waals surface area contributed by atoms with Gasteiger partial charge in [-0.05, 0) is 0 Å². The molecule has 0 saturated heterocycles. The summed E-state index contributed by atoms with van der Waals surface area (Å²) < 4.78 is 14.0. The van der Waals surface area contributed by atoms with E-state index in [4.69, 9.17) is 9.90 Å². The lowest BCUT2D eigenvalue weighted by Crippen LogP contribution is -1.93. The Balaban J connectivity index is 2.83. The second kappa shape index (κ2) is 2.59. The van der Waals surface area contributed by atoms with Crippen LogP contribution in [0.4, 0.5) is 9.18 Å². The largest absolute Gasteiger partial charge is 0.497 e. The van der Waals surface area contributed by atoms with Crippen molar-refractivity contribution in [1.29, 1.82) is 0 Å². The van der Waals surface area contributed by atoms with Gasteiger partial charge in [0, 0.05) is 0 Å². The first kappa shape index (κ1) is 5.36. The van der Waals surface area contributed by atoms with E-state index in [9.17, 15) is 4.39 Å². The predicted octanol–water partition coefficient (Wildman–Crippen LogP) is 0.0423. The molecular weight excluding hydrogens is 91.0 g/mol. The smallest absolute Gasteiger partial charge is 0.413 e. The molecule has 0 aromatic heterocycles. The van der Waals surface area contributed by atoms with Gasteiger partial charge in [0.25, 0.3) is 0 Å². The van der Waals surface area contributed by atoms with E-state index in [1.807, 2.05) is 0 Å². The van der Waals surface area contributed by atoms with Crippen molar-refractivity contribution in [3.63, 3.8) is 0 Å². The van der Waals surface area contributed by atoms with Crippen molar-refractivity contribution in [2.45, 2.75) is 0 Å². The molecule has 0 radical (unpaired) electrons. The van der Waals surface area contributed by atoms with Crippen molar-refractivity contribution in [2.75, 3.05) is 6.79 Å². The number of hydrogen-bond donors (Lipinski definition) is 1. The zero-order chi connectivity index (χ0) is 4.99. The molecule has 1 N–H and O–H groups in total. The zero-order valence-electron chi connectivity index (χ0n) is 2.85. The zero-order valence-corrected chi connectivity index (χ0v) is 2.85. The molecule has 3 nitrogen and oxygen atoms in total. The van der Waals surface area contributed by atoms with Crippen LogP contribution in [0.3, 0.4) is 0 Å². The average Bonchev–Trinajstić information content (AvgIpc) is 1.35. The van der Waals surface area contributed by atoms with E-state index in [1.54, 1.807) is 0 Å². The first-order chi connectivity index (χ1) is 2.77. The van der Waals surface area contributed by atoms with Gasteiger partial charge in [0.1, 0.15) is 0 Å². The molecule has 0 bridgehead atoms. The molecule has 0 rings (SSSR count). The maximum atomic E-state index is 10.7. The highest BCUT2D eigenvalue weighted by atomic mass is 19.1. The summed E-state index contributed by atoms with van der Waals surface area (Å²) in [5, 5.41) is 7.55. The highest BCUT2D eigenvalue weighted by molar-refractivity contribution is 5.57. The van der Waals surface area contributed by atoms with Gasteiger partial charge < -0.3 is 9.84 Å². The Morgan fingerprint density at radius 3 is 2.50 bits per heavy atom. The molecule has 0 saturated carbocycles. The molecule has 0 aromatic carbocycles. The number of aliphatic hydroxyl groups excluding tert-OH is 1. The Kier molecular flexibility index (Phi) is 2.31. The average molecular weight is 94.0 g/mol. The highest BCUT2D eigenvalue weighted by Gasteiger charge is 1.89. The molecular formula is C2H3FO3. The first-order valence-corrected chi connectivity index (χ1v) is 1.20. The number of carbonyl (C=O) groups is 1. The molecule has 0 aliphatic heterocycles. The molecule has 0 spiro atoms. The number of rotatable bonds is 1. The minimum absolute atomic E-state index is 0.894. The Labute approximate surface area is 33.3 Å². The fraction of sp³-hybridized carbons (Fsp3) is 0.500. The first-order valence-electron chi connectivity index (χ1n) is 1.20. The van der Waals surface area contributed by atoms with Gasteiger partial charge in [0.15, 0.2) is 6.79 Å². The van der Waals surface area contributed by atoms with E-state index in [0.29, 0.717) is 0 Å². The van der Waals surface area contributed by atoms with Crippen LogP contribution in [-0.4, -0.2) is 18.1 Å². The Morgan fingerprint density at radius 2 is 2.50 bits per heavy atom. The van der Waals surface area contributed by atoms with E-state index in [-0.39, 0.29) is 0 Å². The van der Waals surface area contributed by atoms with Gasteiger partial charge in [-0.2, -0.15) is 0 Å². The van der Waals surface area contributed by atoms with Gasteiger partial charge in [0.05, 0.1) is 0 Å². The van der Waals surface area contributed by atoms with Gasteiger partial charge in [0.2, 0.25) is 0 Å². The van der Waals surface area contributed by atoms with Crippen LogP contribution in [0.2, 0.25) is 0 Å². The molecule has 6 heavy (non-hydrogen) atoms. The van der Waals surface area contributed by atoms with Crippen LogP contribution < -0.4 is 0 Å². The summed E-state index contributed by atoms with van der Waals surface area (Å²) in [6, 6.07) is 0. The van der Waals surface area contributed by atoms with Gasteiger partial charge >= 0.3 is 6.22 Å². The summed E-state index contributed by atoms with van der Waals surface area (Å²) in [5.74, 6) is 0. The summed E-state index contributed by atoms with van der Waals surface area (Å²) >= 11 is 0. The molecule has 0 fully saturated rings. The molecule has 0 amide bonds. The number of aliphatic hydroxyl groups is 1. The maximum absolute atomic E-state index is 10.7. The summed E-state index contributed by atoms with van der Waals surface area (Å²) in [4.78, 5) is 8.99. The van der Waals surface area contributed by atoms with Crippen LogP contribution in [0.1, 0.15) is 0 Å². The Bertz CT molecular complexity index is 52.8. The van der Waals surface area contributed by atoms with Crippen molar-refractivity contribution in [3.8, 4) is 0 Å². The van der Waals surface area contributed by atoms with Crippen LogP contribution in [0, 0.1) is 0 Å². The number of hydrogen-bond acceptors (Lipinski definition) is 3. The van der Waals surface area contributed by atoms with E-state index in [2.05, 4.69) is 4.74 Å². The predicted molar refractivity (Wildman–Crippen MR) is 14.7 cm³/mol. The third-order valence-corrected chi connectivity index (χ3v) is 0.178. The number of ether oxygens (including phenoxy) is 1. The number of carbonyl (C=O) groups excluding carboxylic acids is 1. The molecule has 4 heteroatoms. The lowest BCUT2D eigenvalue weighted by molar-refractivity contribution is 0.0299. The van der Waals surface area contributed by atoms with E-state index < -0.39 is 13.0 Å². The molecule has 0 aromatic rings. The van der Waals surface area contributed by atoms with Crippen LogP contribution in [-0.2, 0) is 4.74 Å². The molecule has 0 heterocycles. The summed E-state index contributed by atoms with van der Waals surface area (Å²) in [6.45, 7) is -0.894. The van der Waals surface area contributed by atoms with Crippen LogP contribution >= 0.6 is 0 Å². The molecule has 36 valence electrons. The fourth-order valence-corrected chi connectivity index (χ4v) is 0.0507. The monoisotopic (exact) mass is 94.0 g/mol. The van der Waals surface area contributed by atoms with Crippen LogP contribution in [0.5, 0.6) is 0 Å². The lowest BCUT2D eigenvalue weighted by atomic mass is 11.4. The van der Waals surface area contributed by atoms with Gasteiger partial charge in [-0.25, -0.2) is 4.79 Å². The summed E-state index contributed by atoms with van der Waals surface area (Å²) in [5.41, 5.74) is 0. The van der Waals surface area contributed by atoms with Gasteiger partial charge in [-0.3, -0.25) is 0 Å². The second-order valence-corrected chi connectivity index (χ2v) is 0.511. The van der Waals surface area contributed by atoms with Crippen molar-refractivity contribution in [2.24, 2.45) is 0 Å². The van der Waals surface area contributed by atoms with E-state index in [1.165, 1.54) is 0 Å². The summed E-state index contributed by atoms with van der Waals surface area (Å²) in [7, 11) is 0. The molecule has 0 unspecified atom stereocenters. The molecule has 0 atom stereocenters. The van der Waals surface area contributed by atoms with Crippen molar-refractivity contribution >= 4 is 6.22 Å². The minimum Gasteiger partial charge on any atom is -0.413 e. The SMILES string of the molecule is O=C(F)OCO. The Morgan fingerprint density at radius 1 is 2.00 bits per heavy atom. The third-order valence-electron chi connectivity index (χ3n) is 0.178. The van der Waals surface area contributed by atoms with Crippen LogP contribution in [0.15, 0.2) is 0 Å². The fourth-order valence-electron chi connectivity index (χ4n) is 0.0507. The minimum atomic E-state index is -1.96.